The van der Waals surface area contributed by atoms with Crippen molar-refractivity contribution in [3.63, 3.8) is 0 Å². The Labute approximate surface area is 251 Å². The summed E-state index contributed by atoms with van der Waals surface area (Å²) in [5.41, 5.74) is 6.09. The Morgan fingerprint density at radius 2 is 1.07 bits per heavy atom. The lowest BCUT2D eigenvalue weighted by Crippen LogP contribution is -2.60. The van der Waals surface area contributed by atoms with Gasteiger partial charge in [-0.15, -0.1) is 0 Å². The van der Waals surface area contributed by atoms with Crippen LogP contribution in [0.1, 0.15) is 124 Å². The molecule has 2 atom stereocenters. The van der Waals surface area contributed by atoms with Crippen molar-refractivity contribution >= 4 is 0 Å². The quantitative estimate of drug-likeness (QED) is 0.222. The Morgan fingerprint density at radius 3 is 1.49 bits per heavy atom. The van der Waals surface area contributed by atoms with E-state index < -0.39 is 0 Å². The molecule has 2 unspecified atom stereocenters. The maximum Gasteiger partial charge on any atom is 0.101 e. The van der Waals surface area contributed by atoms with Crippen LogP contribution < -0.4 is 27.0 Å². The molecular weight excluding hydrogens is 504 g/mol. The molecule has 6 heteroatoms. The molecule has 0 aromatic carbocycles. The molecule has 9 rings (SSSR count). The minimum atomic E-state index is -0.318. The first-order valence-electron chi connectivity index (χ1n) is 17.8. The van der Waals surface area contributed by atoms with Crippen LogP contribution in [0.2, 0.25) is 0 Å². The number of hydrogen-bond acceptors (Lipinski definition) is 6. The van der Waals surface area contributed by atoms with E-state index in [9.17, 15) is 0 Å². The van der Waals surface area contributed by atoms with Gasteiger partial charge >= 0.3 is 0 Å². The van der Waals surface area contributed by atoms with Crippen molar-refractivity contribution in [3.8, 4) is 6.07 Å². The van der Waals surface area contributed by atoms with Crippen LogP contribution >= 0.6 is 0 Å². The number of nitrogens with zero attached hydrogens (tertiary/aromatic N) is 1. The number of nitriles is 1. The summed E-state index contributed by atoms with van der Waals surface area (Å²) in [7, 11) is 0. The number of nitrogens with one attached hydrogen (secondary N) is 4. The lowest BCUT2D eigenvalue weighted by atomic mass is 9.54. The first-order valence-corrected chi connectivity index (χ1v) is 17.8. The summed E-state index contributed by atoms with van der Waals surface area (Å²) in [6, 6.07) is 5.32. The number of rotatable bonds is 12. The fraction of sp³-hybridized carbons (Fsp3) is 0.971. The minimum Gasteiger partial charge on any atom is -0.329 e. The molecule has 0 aromatic heterocycles. The van der Waals surface area contributed by atoms with E-state index in [1.54, 1.807) is 32.1 Å². The first-order chi connectivity index (χ1) is 19.6. The summed E-state index contributed by atoms with van der Waals surface area (Å²) in [5.74, 6) is 6.06. The van der Waals surface area contributed by atoms with E-state index in [0.29, 0.717) is 11.6 Å². The van der Waals surface area contributed by atoms with Gasteiger partial charge in [-0.25, -0.2) is 0 Å². The molecule has 232 valence electrons. The predicted octanol–water partition coefficient (Wildman–Crippen LogP) is 5.23. The van der Waals surface area contributed by atoms with Crippen molar-refractivity contribution in [1.82, 2.24) is 21.3 Å². The van der Waals surface area contributed by atoms with Crippen molar-refractivity contribution in [2.24, 2.45) is 41.2 Å². The van der Waals surface area contributed by atoms with E-state index in [2.05, 4.69) is 41.2 Å². The van der Waals surface area contributed by atoms with Crippen molar-refractivity contribution in [2.75, 3.05) is 13.1 Å². The van der Waals surface area contributed by atoms with E-state index in [1.807, 2.05) is 13.8 Å². The van der Waals surface area contributed by atoms with Crippen molar-refractivity contribution < 1.29 is 0 Å². The largest absolute Gasteiger partial charge is 0.329 e. The standard InChI is InChI=1S/C19H32N2.C9H18N2.C7H12N2/c1-19(16-2-3-16,21-17-4-5-17)11-20-18-14-7-12-6-13(9-14)10-15(18)8-12;1-9(6-10,7-2-3-7)11-8-4-5-8;1-7(2,5-8)9-6-3-4-6/h12-18,20-21H,2-11H2,1H3;7-8,11H,2-6,10H2,1H3;6,9H,3-4H2,1-2H3. The Balaban J connectivity index is 0.000000127. The molecule has 0 spiro atoms. The van der Waals surface area contributed by atoms with E-state index in [-0.39, 0.29) is 11.1 Å². The average molecular weight is 567 g/mol. The number of nitrogens with two attached hydrogens (primary N) is 1. The summed E-state index contributed by atoms with van der Waals surface area (Å²) in [6.07, 6.45) is 21.5. The lowest BCUT2D eigenvalue weighted by molar-refractivity contribution is -0.0161. The SMILES string of the molecule is CC(C)(C#N)NC1CC1.CC(CN)(NC1CC1)C1CC1.CC(CNC1C2CC3CC(C2)CC1C3)(NC1CC1)C1CC1. The molecule has 0 saturated heterocycles. The van der Waals surface area contributed by atoms with E-state index in [4.69, 9.17) is 11.0 Å². The van der Waals surface area contributed by atoms with Gasteiger partial charge in [0.05, 0.1) is 6.07 Å². The molecule has 41 heavy (non-hydrogen) atoms. The molecule has 6 N–H and O–H groups in total. The van der Waals surface area contributed by atoms with Gasteiger partial charge in [-0.1, -0.05) is 0 Å². The van der Waals surface area contributed by atoms with Crippen LogP contribution in [0.15, 0.2) is 0 Å². The van der Waals surface area contributed by atoms with E-state index in [0.717, 1.165) is 60.2 Å². The molecular formula is C35H62N6. The Bertz CT molecular complexity index is 895. The van der Waals surface area contributed by atoms with Gasteiger partial charge in [-0.3, -0.25) is 5.32 Å². The monoisotopic (exact) mass is 567 g/mol. The average Bonchev–Trinajstić information content (AvgIpc) is 3.74. The summed E-state index contributed by atoms with van der Waals surface area (Å²) in [5, 5.41) is 23.5. The molecule has 0 aliphatic heterocycles. The Hall–Kier alpha value is -0.710. The third kappa shape index (κ3) is 8.27. The fourth-order valence-electron chi connectivity index (χ4n) is 8.84. The highest BCUT2D eigenvalue weighted by Crippen LogP contribution is 2.54. The third-order valence-corrected chi connectivity index (χ3v) is 12.0. The van der Waals surface area contributed by atoms with Crippen LogP contribution in [0, 0.1) is 46.8 Å². The van der Waals surface area contributed by atoms with Gasteiger partial charge in [-0.05, 0) is 160 Å². The van der Waals surface area contributed by atoms with Gasteiger partial charge in [0.1, 0.15) is 5.54 Å². The van der Waals surface area contributed by atoms with Crippen LogP contribution in [-0.4, -0.2) is 53.9 Å². The smallest absolute Gasteiger partial charge is 0.101 e. The molecule has 9 fully saturated rings. The van der Waals surface area contributed by atoms with Gasteiger partial charge in [0.2, 0.25) is 0 Å². The summed E-state index contributed by atoms with van der Waals surface area (Å²) >= 11 is 0. The van der Waals surface area contributed by atoms with Gasteiger partial charge in [-0.2, -0.15) is 5.26 Å². The maximum atomic E-state index is 8.56. The summed E-state index contributed by atoms with van der Waals surface area (Å²) in [6.45, 7) is 10.6. The maximum absolute atomic E-state index is 8.56. The normalized spacial score (nSPS) is 36.6. The molecule has 9 aliphatic carbocycles. The fourth-order valence-corrected chi connectivity index (χ4v) is 8.84. The van der Waals surface area contributed by atoms with Crippen molar-refractivity contribution in [3.05, 3.63) is 0 Å². The van der Waals surface area contributed by atoms with E-state index in [1.165, 1.54) is 70.8 Å². The molecule has 0 amide bonds. The van der Waals surface area contributed by atoms with Crippen LogP contribution in [0.25, 0.3) is 0 Å². The first kappa shape index (κ1) is 30.3. The highest BCUT2D eigenvalue weighted by Gasteiger charge is 2.50. The van der Waals surface area contributed by atoms with Gasteiger partial charge in [0.15, 0.2) is 0 Å². The molecule has 0 radical (unpaired) electrons. The Kier molecular flexibility index (Phi) is 8.87. The zero-order valence-electron chi connectivity index (χ0n) is 26.8. The van der Waals surface area contributed by atoms with Crippen LogP contribution in [0.3, 0.4) is 0 Å². The zero-order chi connectivity index (χ0) is 28.8. The molecule has 9 saturated carbocycles. The van der Waals surface area contributed by atoms with Gasteiger partial charge in [0.25, 0.3) is 0 Å². The van der Waals surface area contributed by atoms with Gasteiger partial charge < -0.3 is 21.7 Å². The van der Waals surface area contributed by atoms with Crippen molar-refractivity contribution in [2.45, 2.75) is 165 Å². The third-order valence-electron chi connectivity index (χ3n) is 12.0. The second kappa shape index (κ2) is 12.0. The molecule has 4 bridgehead atoms. The highest BCUT2D eigenvalue weighted by molar-refractivity contribution is 5.07. The topological polar surface area (TPSA) is 97.9 Å². The molecule has 0 heterocycles. The molecule has 6 nitrogen and oxygen atoms in total. The lowest BCUT2D eigenvalue weighted by Gasteiger charge is -2.55. The minimum absolute atomic E-state index is 0.265. The molecule has 0 aromatic rings. The van der Waals surface area contributed by atoms with E-state index >= 15 is 0 Å². The van der Waals surface area contributed by atoms with Gasteiger partial charge in [0, 0.05) is 48.3 Å². The van der Waals surface area contributed by atoms with Crippen LogP contribution in [-0.2, 0) is 0 Å². The second-order valence-electron chi connectivity index (χ2n) is 16.9. The second-order valence-corrected chi connectivity index (χ2v) is 16.9. The zero-order valence-corrected chi connectivity index (χ0v) is 26.8. The predicted molar refractivity (Wildman–Crippen MR) is 168 cm³/mol. The highest BCUT2D eigenvalue weighted by atomic mass is 15.1. The molecule has 9 aliphatic rings. The van der Waals surface area contributed by atoms with Crippen molar-refractivity contribution in [1.29, 1.82) is 5.26 Å². The summed E-state index contributed by atoms with van der Waals surface area (Å²) < 4.78 is 0. The van der Waals surface area contributed by atoms with Crippen LogP contribution in [0.4, 0.5) is 0 Å². The summed E-state index contributed by atoms with van der Waals surface area (Å²) in [4.78, 5) is 0. The van der Waals surface area contributed by atoms with Crippen LogP contribution in [0.5, 0.6) is 0 Å². The number of hydrogen-bond donors (Lipinski definition) is 5. The Morgan fingerprint density at radius 1 is 0.634 bits per heavy atom.